The number of hydrogen-bond acceptors (Lipinski definition) is 5. The average molecular weight is 284 g/mol. The quantitative estimate of drug-likeness (QED) is 0.758. The lowest BCUT2D eigenvalue weighted by Gasteiger charge is -2.10. The van der Waals surface area contributed by atoms with Gasteiger partial charge in [-0.05, 0) is 35.1 Å². The van der Waals surface area contributed by atoms with E-state index in [4.69, 9.17) is 5.73 Å². The number of aromatic nitrogens is 2. The number of rotatable bonds is 3. The van der Waals surface area contributed by atoms with Crippen LogP contribution in [0.25, 0.3) is 10.2 Å². The largest absolute Gasteiger partial charge is 0.368 e. The van der Waals surface area contributed by atoms with Crippen molar-refractivity contribution in [2.45, 2.75) is 19.8 Å². The molecule has 3 N–H and O–H groups in total. The molecule has 0 bridgehead atoms. The van der Waals surface area contributed by atoms with Gasteiger partial charge in [-0.3, -0.25) is 0 Å². The number of thiophene rings is 1. The molecule has 4 nitrogen and oxygen atoms in total. The van der Waals surface area contributed by atoms with E-state index in [9.17, 15) is 0 Å². The van der Waals surface area contributed by atoms with Gasteiger partial charge in [-0.25, -0.2) is 4.98 Å². The summed E-state index contributed by atoms with van der Waals surface area (Å²) in [4.78, 5) is 9.44. The minimum absolute atomic E-state index is 0.294. The summed E-state index contributed by atoms with van der Waals surface area (Å²) in [6, 6.07) is 10.4. The van der Waals surface area contributed by atoms with Gasteiger partial charge in [-0.2, -0.15) is 4.98 Å². The van der Waals surface area contributed by atoms with E-state index in [1.54, 1.807) is 11.3 Å². The van der Waals surface area contributed by atoms with Crippen molar-refractivity contribution in [3.8, 4) is 0 Å². The van der Waals surface area contributed by atoms with Crippen LogP contribution in [0, 0.1) is 0 Å². The first-order valence-electron chi connectivity index (χ1n) is 6.51. The molecule has 0 aliphatic carbocycles. The van der Waals surface area contributed by atoms with E-state index in [-0.39, 0.29) is 0 Å². The van der Waals surface area contributed by atoms with E-state index in [2.05, 4.69) is 41.3 Å². The van der Waals surface area contributed by atoms with Crippen LogP contribution in [0.1, 0.15) is 25.3 Å². The van der Waals surface area contributed by atoms with Crippen LogP contribution in [0.2, 0.25) is 0 Å². The number of nitrogen functional groups attached to an aromatic ring is 1. The van der Waals surface area contributed by atoms with Gasteiger partial charge in [0.15, 0.2) is 0 Å². The minimum Gasteiger partial charge on any atom is -0.368 e. The molecule has 0 aliphatic rings. The van der Waals surface area contributed by atoms with Gasteiger partial charge in [0.05, 0.1) is 5.39 Å². The number of nitrogens with two attached hydrogens (primary N) is 1. The van der Waals surface area contributed by atoms with Gasteiger partial charge in [-0.1, -0.05) is 26.0 Å². The summed E-state index contributed by atoms with van der Waals surface area (Å²) in [7, 11) is 0. The first-order chi connectivity index (χ1) is 9.63. The van der Waals surface area contributed by atoms with Gasteiger partial charge in [-0.15, -0.1) is 11.3 Å². The summed E-state index contributed by atoms with van der Waals surface area (Å²) in [6.45, 7) is 4.36. The predicted molar refractivity (Wildman–Crippen MR) is 85.6 cm³/mol. The Kier molecular flexibility index (Phi) is 3.28. The first kappa shape index (κ1) is 12.9. The highest BCUT2D eigenvalue weighted by Crippen LogP contribution is 2.29. The van der Waals surface area contributed by atoms with E-state index in [0.717, 1.165) is 21.7 Å². The second-order valence-electron chi connectivity index (χ2n) is 4.98. The molecule has 2 heterocycles. The Morgan fingerprint density at radius 1 is 1.20 bits per heavy atom. The third kappa shape index (κ3) is 2.44. The summed E-state index contributed by atoms with van der Waals surface area (Å²) in [5.74, 6) is 1.55. The highest BCUT2D eigenvalue weighted by molar-refractivity contribution is 7.16. The lowest BCUT2D eigenvalue weighted by atomic mass is 10.0. The van der Waals surface area contributed by atoms with E-state index in [1.165, 1.54) is 5.56 Å². The van der Waals surface area contributed by atoms with Crippen LogP contribution in [0.5, 0.6) is 0 Å². The zero-order valence-corrected chi connectivity index (χ0v) is 12.2. The molecule has 102 valence electrons. The molecule has 0 saturated heterocycles. The van der Waals surface area contributed by atoms with Gasteiger partial charge in [0.1, 0.15) is 10.6 Å². The van der Waals surface area contributed by atoms with Crippen molar-refractivity contribution >= 4 is 39.0 Å². The molecule has 0 aliphatic heterocycles. The zero-order chi connectivity index (χ0) is 14.1. The van der Waals surface area contributed by atoms with Gasteiger partial charge in [0, 0.05) is 5.69 Å². The van der Waals surface area contributed by atoms with Crippen LogP contribution in [0.4, 0.5) is 17.5 Å². The number of nitrogens with one attached hydrogen (secondary N) is 1. The molecule has 0 amide bonds. The Hall–Kier alpha value is -2.14. The fourth-order valence-corrected chi connectivity index (χ4v) is 2.85. The standard InChI is InChI=1S/C15H16N4S/c1-9(2)10-4-3-5-11(8-10)17-13-12-6-7-20-14(12)19-15(16)18-13/h3-9H,1-2H3,(H3,16,17,18,19). The van der Waals surface area contributed by atoms with Crippen LogP contribution < -0.4 is 11.1 Å². The monoisotopic (exact) mass is 284 g/mol. The van der Waals surface area contributed by atoms with Crippen LogP contribution in [0.15, 0.2) is 35.7 Å². The number of nitrogens with zero attached hydrogens (tertiary/aromatic N) is 2. The molecular formula is C15H16N4S. The second-order valence-corrected chi connectivity index (χ2v) is 5.87. The lowest BCUT2D eigenvalue weighted by molar-refractivity contribution is 0.867. The topological polar surface area (TPSA) is 63.8 Å². The molecule has 0 unspecified atom stereocenters. The van der Waals surface area contributed by atoms with E-state index in [0.29, 0.717) is 11.9 Å². The maximum absolute atomic E-state index is 5.76. The second kappa shape index (κ2) is 5.09. The number of anilines is 3. The Labute approximate surface area is 121 Å². The van der Waals surface area contributed by atoms with Gasteiger partial charge in [0.2, 0.25) is 5.95 Å². The molecule has 0 saturated carbocycles. The van der Waals surface area contributed by atoms with E-state index >= 15 is 0 Å². The van der Waals surface area contributed by atoms with Gasteiger partial charge < -0.3 is 11.1 Å². The summed E-state index contributed by atoms with van der Waals surface area (Å²) in [5.41, 5.74) is 8.07. The molecule has 3 aromatic rings. The molecule has 0 fully saturated rings. The normalized spacial score (nSPS) is 11.2. The molecule has 0 spiro atoms. The molecule has 0 atom stereocenters. The Morgan fingerprint density at radius 3 is 2.85 bits per heavy atom. The van der Waals surface area contributed by atoms with Crippen molar-refractivity contribution in [1.29, 1.82) is 0 Å². The minimum atomic E-state index is 0.294. The Morgan fingerprint density at radius 2 is 2.05 bits per heavy atom. The van der Waals surface area contributed by atoms with Crippen LogP contribution >= 0.6 is 11.3 Å². The van der Waals surface area contributed by atoms with Gasteiger partial charge >= 0.3 is 0 Å². The number of benzene rings is 1. The van der Waals surface area contributed by atoms with E-state index < -0.39 is 0 Å². The summed E-state index contributed by atoms with van der Waals surface area (Å²) >= 11 is 1.56. The van der Waals surface area contributed by atoms with E-state index in [1.807, 2.05) is 23.6 Å². The maximum Gasteiger partial charge on any atom is 0.223 e. The lowest BCUT2D eigenvalue weighted by Crippen LogP contribution is -2.00. The van der Waals surface area contributed by atoms with Crippen molar-refractivity contribution in [3.05, 3.63) is 41.3 Å². The van der Waals surface area contributed by atoms with Crippen molar-refractivity contribution in [1.82, 2.24) is 9.97 Å². The maximum atomic E-state index is 5.76. The fraction of sp³-hybridized carbons (Fsp3) is 0.200. The zero-order valence-electron chi connectivity index (χ0n) is 11.4. The summed E-state index contributed by atoms with van der Waals surface area (Å²) in [6.07, 6.45) is 0. The smallest absolute Gasteiger partial charge is 0.223 e. The highest BCUT2D eigenvalue weighted by Gasteiger charge is 2.08. The number of hydrogen-bond donors (Lipinski definition) is 2. The van der Waals surface area contributed by atoms with Crippen molar-refractivity contribution in [2.75, 3.05) is 11.1 Å². The van der Waals surface area contributed by atoms with Crippen molar-refractivity contribution in [2.24, 2.45) is 0 Å². The third-order valence-electron chi connectivity index (χ3n) is 3.16. The molecule has 20 heavy (non-hydrogen) atoms. The average Bonchev–Trinajstić information content (AvgIpc) is 2.87. The molecular weight excluding hydrogens is 268 g/mol. The predicted octanol–water partition coefficient (Wildman–Crippen LogP) is 4.14. The number of fused-ring (bicyclic) bond motifs is 1. The van der Waals surface area contributed by atoms with Gasteiger partial charge in [0.25, 0.3) is 0 Å². The van der Waals surface area contributed by atoms with Crippen LogP contribution in [-0.4, -0.2) is 9.97 Å². The fourth-order valence-electron chi connectivity index (χ4n) is 2.08. The SMILES string of the molecule is CC(C)c1cccc(Nc2nc(N)nc3sccc23)c1. The Bertz CT molecular complexity index is 748. The van der Waals surface area contributed by atoms with Crippen LogP contribution in [-0.2, 0) is 0 Å². The molecule has 5 heteroatoms. The van der Waals surface area contributed by atoms with Crippen molar-refractivity contribution in [3.63, 3.8) is 0 Å². The Balaban J connectivity index is 2.00. The van der Waals surface area contributed by atoms with Crippen LogP contribution in [0.3, 0.4) is 0 Å². The summed E-state index contributed by atoms with van der Waals surface area (Å²) in [5, 5.41) is 6.34. The third-order valence-corrected chi connectivity index (χ3v) is 3.97. The molecule has 2 aromatic heterocycles. The highest BCUT2D eigenvalue weighted by atomic mass is 32.1. The molecule has 3 rings (SSSR count). The van der Waals surface area contributed by atoms with Crippen molar-refractivity contribution < 1.29 is 0 Å². The molecule has 1 aromatic carbocycles. The first-order valence-corrected chi connectivity index (χ1v) is 7.39. The molecule has 0 radical (unpaired) electrons. The summed E-state index contributed by atoms with van der Waals surface area (Å²) < 4.78 is 0.